The van der Waals surface area contributed by atoms with Gasteiger partial charge >= 0.3 is 25.7 Å². The SMILES string of the molecule is CO.CO.COc1cc(CCC[Si](C)(C)O[Si](C)(C)O[Si](C)(C)CCCc2ccc(O)c(CO)c2)ccc1O.C[Si](C)(CCCc1ccccc1O)O[Si](C)(C)O[Si](C)(C)CCCc1ccccc1O.C[Si](C)(CCc1ccccc1)O[Si](C)(C)O[Si](C)(C)CCc1ccccc1. The molecule has 0 aliphatic carbocycles. The second-order valence-electron chi connectivity index (χ2n) is 30.1. The lowest BCUT2D eigenvalue weighted by atomic mass is 10.1. The predicted molar refractivity (Wildman–Crippen MR) is 427 cm³/mol. The van der Waals surface area contributed by atoms with Crippen molar-refractivity contribution in [3.8, 4) is 28.7 Å². The van der Waals surface area contributed by atoms with Crippen molar-refractivity contribution in [3.63, 3.8) is 0 Å². The van der Waals surface area contributed by atoms with Gasteiger partial charge in [0.1, 0.15) is 17.2 Å². The van der Waals surface area contributed by atoms with E-state index in [0.29, 0.717) is 22.8 Å². The highest BCUT2D eigenvalue weighted by molar-refractivity contribution is 6.89. The average molecular weight is 1490 g/mol. The average Bonchev–Trinajstić information content (AvgIpc) is 0.856. The molecule has 0 saturated carbocycles. The number of aryl methyl sites for hydroxylation is 6. The quantitative estimate of drug-likeness (QED) is 0.0183. The van der Waals surface area contributed by atoms with Crippen LogP contribution in [0.4, 0.5) is 0 Å². The van der Waals surface area contributed by atoms with Crippen LogP contribution < -0.4 is 4.74 Å². The standard InChI is InChI=1S/C26H44O6Si3.C24H40O4Si3.C22H36O2Si3.2CH4O/c1-30-26-19-22(13-15-25(26)29)11-9-17-34(4,5)32-35(6,7)31-33(2,3)16-8-10-21-12-14-24(28)23(18-21)20-27;1-29(2,19-11-15-21-13-7-9-17-23(21)25)27-31(5,6)28-30(3,4)20-12-16-22-14-8-10-18-24(22)26;1-25(2,19-17-21-13-9-7-10-14-21)23-27(5,6)24-26(3,4)20-18-22-15-11-8-12-16-22;2*1-2/h12-15,18-19,27-29H,8-11,16-17,20H2,1-7H3;7-10,13-14,17-18,25-26H,11-12,15-16,19-20H2,1-6H3;7-16H,17-20H2,1-6H3;2*2H,1H3. The molecule has 0 aliphatic rings. The fourth-order valence-corrected chi connectivity index (χ4v) is 54.5. The summed E-state index contributed by atoms with van der Waals surface area (Å²) in [4.78, 5) is 0. The van der Waals surface area contributed by atoms with Crippen molar-refractivity contribution < 1.29 is 65.2 Å². The summed E-state index contributed by atoms with van der Waals surface area (Å²) in [5.41, 5.74) is 7.69. The van der Waals surface area contributed by atoms with Crippen molar-refractivity contribution in [3.05, 3.63) is 185 Å². The summed E-state index contributed by atoms with van der Waals surface area (Å²) in [5.74, 6) is 1.61. The molecule has 23 heteroatoms. The van der Waals surface area contributed by atoms with E-state index >= 15 is 0 Å². The van der Waals surface area contributed by atoms with E-state index in [4.69, 9.17) is 39.6 Å². The van der Waals surface area contributed by atoms with Gasteiger partial charge < -0.3 is 65.2 Å². The Hall–Kier alpha value is -4.09. The fourth-order valence-electron chi connectivity index (χ4n) is 12.6. The summed E-state index contributed by atoms with van der Waals surface area (Å²) in [5, 5.41) is 62.9. The van der Waals surface area contributed by atoms with Crippen LogP contribution in [0.5, 0.6) is 28.7 Å². The number of rotatable bonds is 36. The zero-order chi connectivity index (χ0) is 73.4. The summed E-state index contributed by atoms with van der Waals surface area (Å²) in [6.45, 7) is 40.6. The van der Waals surface area contributed by atoms with E-state index in [1.165, 1.54) is 11.1 Å². The Bertz CT molecular complexity index is 2950. The second-order valence-corrected chi connectivity index (χ2v) is 67.6. The number of methoxy groups -OCH3 is 1. The third-order valence-corrected chi connectivity index (χ3v) is 50.5. The minimum Gasteiger partial charge on any atom is -0.508 e. The Kier molecular flexibility index (Phi) is 38.9. The fraction of sp³-hybridized carbons (Fsp3) is 0.514. The van der Waals surface area contributed by atoms with E-state index in [1.807, 2.05) is 60.7 Å². The molecular formula is C74H128O14Si9. The van der Waals surface area contributed by atoms with Crippen molar-refractivity contribution >= 4 is 75.6 Å². The minimum absolute atomic E-state index is 0.147. The number of hydrogen-bond acceptors (Lipinski definition) is 14. The molecule has 0 unspecified atom stereocenters. The van der Waals surface area contributed by atoms with Crippen molar-refractivity contribution in [2.24, 2.45) is 0 Å². The van der Waals surface area contributed by atoms with Crippen molar-refractivity contribution in [1.82, 2.24) is 0 Å². The Morgan fingerprint density at radius 1 is 0.278 bits per heavy atom. The zero-order valence-corrected chi connectivity index (χ0v) is 72.4. The smallest absolute Gasteiger partial charge is 0.311 e. The van der Waals surface area contributed by atoms with Gasteiger partial charge in [0.05, 0.1) is 13.7 Å². The number of hydrogen-bond donors (Lipinski definition) is 7. The summed E-state index contributed by atoms with van der Waals surface area (Å²) in [6, 6.07) is 54.1. The number of phenols is 4. The Labute approximate surface area is 596 Å². The van der Waals surface area contributed by atoms with Gasteiger partial charge in [-0.15, -0.1) is 0 Å². The van der Waals surface area contributed by atoms with Gasteiger partial charge in [-0.05, 0) is 288 Å². The van der Waals surface area contributed by atoms with Gasteiger partial charge in [0.15, 0.2) is 61.4 Å². The zero-order valence-electron chi connectivity index (χ0n) is 63.4. The monoisotopic (exact) mass is 1490 g/mol. The maximum atomic E-state index is 9.97. The topological polar surface area (TPSA) is 206 Å². The Balaban J connectivity index is 0.000000486. The predicted octanol–water partition coefficient (Wildman–Crippen LogP) is 19.0. The lowest BCUT2D eigenvalue weighted by Crippen LogP contribution is -2.52. The van der Waals surface area contributed by atoms with E-state index in [1.54, 1.807) is 31.4 Å². The molecule has 6 aromatic rings. The molecule has 0 amide bonds. The van der Waals surface area contributed by atoms with Crippen LogP contribution in [-0.4, -0.2) is 133 Å². The van der Waals surface area contributed by atoms with Gasteiger partial charge in [-0.2, -0.15) is 0 Å². The minimum atomic E-state index is -2.27. The molecule has 0 spiro atoms. The van der Waals surface area contributed by atoms with E-state index in [-0.39, 0.29) is 18.1 Å². The summed E-state index contributed by atoms with van der Waals surface area (Å²) in [6.07, 6.45) is 9.85. The number of phenolic OH excluding ortho intramolecular Hbond substituents is 3. The molecule has 0 aromatic heterocycles. The summed E-state index contributed by atoms with van der Waals surface area (Å²) in [7, 11) is -14.1. The molecule has 0 atom stereocenters. The maximum absolute atomic E-state index is 9.97. The molecular weight excluding hydrogens is 1370 g/mol. The van der Waals surface area contributed by atoms with Crippen LogP contribution in [0, 0.1) is 0 Å². The molecule has 0 heterocycles. The third-order valence-electron chi connectivity index (χ3n) is 16.3. The molecule has 0 bridgehead atoms. The normalized spacial score (nSPS) is 12.4. The van der Waals surface area contributed by atoms with Crippen LogP contribution in [0.25, 0.3) is 0 Å². The van der Waals surface area contributed by atoms with Gasteiger partial charge in [0.25, 0.3) is 0 Å². The highest BCUT2D eigenvalue weighted by Gasteiger charge is 2.42. The number of aliphatic hydroxyl groups excluding tert-OH is 3. The van der Waals surface area contributed by atoms with Crippen LogP contribution in [0.15, 0.2) is 146 Å². The first-order chi connectivity index (χ1) is 45.2. The van der Waals surface area contributed by atoms with Crippen molar-refractivity contribution in [2.75, 3.05) is 21.3 Å². The van der Waals surface area contributed by atoms with Gasteiger partial charge in [0.2, 0.25) is 0 Å². The molecule has 0 fully saturated rings. The van der Waals surface area contributed by atoms with Crippen molar-refractivity contribution in [2.45, 2.75) is 225 Å². The van der Waals surface area contributed by atoms with Crippen molar-refractivity contribution in [1.29, 1.82) is 0 Å². The lowest BCUT2D eigenvalue weighted by molar-refractivity contribution is 0.275. The van der Waals surface area contributed by atoms with E-state index in [0.717, 1.165) is 137 Å². The van der Waals surface area contributed by atoms with E-state index in [2.05, 4.69) is 179 Å². The van der Waals surface area contributed by atoms with E-state index in [9.17, 15) is 25.5 Å². The summed E-state index contributed by atoms with van der Waals surface area (Å²) < 4.78 is 45.6. The molecule has 544 valence electrons. The largest absolute Gasteiger partial charge is 0.508 e. The van der Waals surface area contributed by atoms with E-state index < -0.39 is 75.6 Å². The molecule has 6 aromatic carbocycles. The number of ether oxygens (including phenoxy) is 1. The maximum Gasteiger partial charge on any atom is 0.311 e. The van der Waals surface area contributed by atoms with Gasteiger partial charge in [-0.25, -0.2) is 0 Å². The van der Waals surface area contributed by atoms with Crippen LogP contribution in [0.2, 0.25) is 154 Å². The molecule has 0 radical (unpaired) electrons. The molecule has 6 rings (SSSR count). The first-order valence-electron chi connectivity index (χ1n) is 34.7. The number of benzene rings is 6. The van der Waals surface area contributed by atoms with Crippen LogP contribution >= 0.6 is 0 Å². The lowest BCUT2D eigenvalue weighted by Gasteiger charge is -2.39. The molecule has 14 nitrogen and oxygen atoms in total. The van der Waals surface area contributed by atoms with Gasteiger partial charge in [-0.1, -0.05) is 109 Å². The van der Waals surface area contributed by atoms with Gasteiger partial charge in [0, 0.05) is 19.8 Å². The van der Waals surface area contributed by atoms with Gasteiger partial charge in [-0.3, -0.25) is 0 Å². The summed E-state index contributed by atoms with van der Waals surface area (Å²) >= 11 is 0. The highest BCUT2D eigenvalue weighted by atomic mass is 28.5. The number of aromatic hydroxyl groups is 4. The molecule has 0 saturated heterocycles. The number of aliphatic hydroxyl groups is 3. The highest BCUT2D eigenvalue weighted by Crippen LogP contribution is 2.33. The van der Waals surface area contributed by atoms with Crippen LogP contribution in [-0.2, 0) is 69.8 Å². The molecule has 97 heavy (non-hydrogen) atoms. The first kappa shape index (κ1) is 89.0. The number of para-hydroxylation sites is 2. The Morgan fingerprint density at radius 2 is 0.557 bits per heavy atom. The van der Waals surface area contributed by atoms with Crippen LogP contribution in [0.1, 0.15) is 64.6 Å². The Morgan fingerprint density at radius 3 is 0.876 bits per heavy atom. The molecule has 7 N–H and O–H groups in total. The first-order valence-corrected chi connectivity index (χ1v) is 61.9. The van der Waals surface area contributed by atoms with Crippen LogP contribution in [0.3, 0.4) is 0 Å². The third kappa shape index (κ3) is 38.0. The molecule has 0 aliphatic heterocycles. The second kappa shape index (κ2) is 42.4.